The van der Waals surface area contributed by atoms with Gasteiger partial charge in [0.05, 0.1) is 5.56 Å². The third-order valence-electron chi connectivity index (χ3n) is 5.19. The molecule has 0 bridgehead atoms. The van der Waals surface area contributed by atoms with Crippen molar-refractivity contribution < 1.29 is 9.90 Å². The van der Waals surface area contributed by atoms with Gasteiger partial charge in [0.2, 0.25) is 0 Å². The number of carbonyl (C=O) groups is 1. The molecule has 0 radical (unpaired) electrons. The summed E-state index contributed by atoms with van der Waals surface area (Å²) in [7, 11) is 0. The number of aromatic carboxylic acids is 1. The summed E-state index contributed by atoms with van der Waals surface area (Å²) >= 11 is 0. The largest absolute Gasteiger partial charge is 0.478 e. The minimum absolute atomic E-state index is 0.326. The summed E-state index contributed by atoms with van der Waals surface area (Å²) < 4.78 is 0. The van der Waals surface area contributed by atoms with Gasteiger partial charge < -0.3 is 5.11 Å². The molecule has 0 saturated heterocycles. The van der Waals surface area contributed by atoms with E-state index in [0.717, 1.165) is 23.5 Å². The van der Waals surface area contributed by atoms with E-state index in [4.69, 9.17) is 5.11 Å². The minimum Gasteiger partial charge on any atom is -0.478 e. The van der Waals surface area contributed by atoms with Crippen molar-refractivity contribution in [2.75, 3.05) is 0 Å². The van der Waals surface area contributed by atoms with Gasteiger partial charge in [0, 0.05) is 0 Å². The first kappa shape index (κ1) is 16.5. The molecule has 0 atom stereocenters. The zero-order chi connectivity index (χ0) is 16.9. The van der Waals surface area contributed by atoms with E-state index in [1.54, 1.807) is 12.1 Å². The van der Waals surface area contributed by atoms with E-state index in [-0.39, 0.29) is 0 Å². The molecule has 3 rings (SSSR count). The van der Waals surface area contributed by atoms with Crippen LogP contribution in [0.5, 0.6) is 0 Å². The van der Waals surface area contributed by atoms with E-state index in [1.807, 2.05) is 12.1 Å². The van der Waals surface area contributed by atoms with E-state index < -0.39 is 5.97 Å². The lowest BCUT2D eigenvalue weighted by Crippen LogP contribution is -2.12. The maximum Gasteiger partial charge on any atom is 0.335 e. The molecule has 0 unspecified atom stereocenters. The number of rotatable bonds is 5. The van der Waals surface area contributed by atoms with Gasteiger partial charge in [-0.2, -0.15) is 0 Å². The van der Waals surface area contributed by atoms with Crippen LogP contribution in [0.1, 0.15) is 53.9 Å². The Morgan fingerprint density at radius 1 is 0.958 bits per heavy atom. The van der Waals surface area contributed by atoms with Gasteiger partial charge in [-0.3, -0.25) is 0 Å². The second-order valence-corrected chi connectivity index (χ2v) is 6.75. The van der Waals surface area contributed by atoms with E-state index in [1.165, 1.54) is 31.2 Å². The fourth-order valence-electron chi connectivity index (χ4n) is 3.72. The molecular formula is C22H24O2. The number of carboxylic acid groups (broad SMARTS) is 1. The molecule has 0 spiro atoms. The molecule has 24 heavy (non-hydrogen) atoms. The Morgan fingerprint density at radius 2 is 1.50 bits per heavy atom. The van der Waals surface area contributed by atoms with E-state index in [2.05, 4.69) is 36.9 Å². The molecule has 2 nitrogen and oxygen atoms in total. The lowest BCUT2D eigenvalue weighted by atomic mass is 9.77. The highest BCUT2D eigenvalue weighted by molar-refractivity contribution is 5.88. The van der Waals surface area contributed by atoms with Gasteiger partial charge in [-0.25, -0.2) is 4.79 Å². The maximum absolute atomic E-state index is 10.9. The second-order valence-electron chi connectivity index (χ2n) is 6.75. The molecule has 2 aromatic rings. The first-order valence-electron chi connectivity index (χ1n) is 8.72. The van der Waals surface area contributed by atoms with Crippen molar-refractivity contribution in [3.8, 4) is 11.1 Å². The summed E-state index contributed by atoms with van der Waals surface area (Å²) in [6.45, 7) is 3.85. The molecule has 0 aromatic heterocycles. The lowest BCUT2D eigenvalue weighted by Gasteiger charge is -2.28. The predicted molar refractivity (Wildman–Crippen MR) is 98.4 cm³/mol. The van der Waals surface area contributed by atoms with E-state index >= 15 is 0 Å². The van der Waals surface area contributed by atoms with Gasteiger partial charge >= 0.3 is 5.97 Å². The highest BCUT2D eigenvalue weighted by Crippen LogP contribution is 2.37. The predicted octanol–water partition coefficient (Wildman–Crippen LogP) is 5.90. The maximum atomic E-state index is 10.9. The average Bonchev–Trinajstić information content (AvgIpc) is 2.63. The van der Waals surface area contributed by atoms with Crippen LogP contribution in [0, 0.1) is 5.92 Å². The van der Waals surface area contributed by atoms with Crippen LogP contribution in [0.15, 0.2) is 61.2 Å². The SMILES string of the molecule is C=CCC1CCC(c2ccc(-c3ccc(C(=O)O)cc3)cc2)CC1. The molecule has 2 heteroatoms. The van der Waals surface area contributed by atoms with Crippen molar-refractivity contribution in [2.45, 2.75) is 38.0 Å². The Balaban J connectivity index is 1.67. The molecule has 1 fully saturated rings. The zero-order valence-corrected chi connectivity index (χ0v) is 13.9. The van der Waals surface area contributed by atoms with Crippen molar-refractivity contribution >= 4 is 5.97 Å². The summed E-state index contributed by atoms with van der Waals surface area (Å²) in [5, 5.41) is 8.97. The summed E-state index contributed by atoms with van der Waals surface area (Å²) in [4.78, 5) is 10.9. The number of benzene rings is 2. The Bertz CT molecular complexity index is 690. The average molecular weight is 320 g/mol. The number of allylic oxidation sites excluding steroid dienone is 1. The number of carboxylic acids is 1. The van der Waals surface area contributed by atoms with Crippen LogP contribution in [0.25, 0.3) is 11.1 Å². The molecule has 1 aliphatic carbocycles. The summed E-state index contributed by atoms with van der Waals surface area (Å²) in [6, 6.07) is 15.8. The van der Waals surface area contributed by atoms with Crippen molar-refractivity contribution in [3.05, 3.63) is 72.3 Å². The van der Waals surface area contributed by atoms with Crippen molar-refractivity contribution in [3.63, 3.8) is 0 Å². The fourth-order valence-corrected chi connectivity index (χ4v) is 3.72. The normalized spacial score (nSPS) is 20.5. The van der Waals surface area contributed by atoms with Crippen molar-refractivity contribution in [2.24, 2.45) is 5.92 Å². The lowest BCUT2D eigenvalue weighted by molar-refractivity contribution is 0.0697. The molecule has 1 N–H and O–H groups in total. The highest BCUT2D eigenvalue weighted by atomic mass is 16.4. The van der Waals surface area contributed by atoms with Gasteiger partial charge in [0.1, 0.15) is 0 Å². The Labute approximate surface area is 143 Å². The monoisotopic (exact) mass is 320 g/mol. The molecular weight excluding hydrogens is 296 g/mol. The van der Waals surface area contributed by atoms with Crippen LogP contribution in [-0.2, 0) is 0 Å². The van der Waals surface area contributed by atoms with Crippen LogP contribution in [0.4, 0.5) is 0 Å². The Kier molecular flexibility index (Phi) is 5.14. The molecule has 2 aromatic carbocycles. The third-order valence-corrected chi connectivity index (χ3v) is 5.19. The van der Waals surface area contributed by atoms with Gasteiger partial charge in [-0.05, 0) is 72.8 Å². The van der Waals surface area contributed by atoms with E-state index in [0.29, 0.717) is 11.5 Å². The molecule has 0 aliphatic heterocycles. The van der Waals surface area contributed by atoms with Crippen LogP contribution in [0.2, 0.25) is 0 Å². The zero-order valence-electron chi connectivity index (χ0n) is 13.9. The first-order chi connectivity index (χ1) is 11.7. The van der Waals surface area contributed by atoms with Gasteiger partial charge in [0.25, 0.3) is 0 Å². The van der Waals surface area contributed by atoms with Crippen LogP contribution >= 0.6 is 0 Å². The topological polar surface area (TPSA) is 37.3 Å². The summed E-state index contributed by atoms with van der Waals surface area (Å²) in [6.07, 6.45) is 8.34. The third kappa shape index (κ3) is 3.76. The Morgan fingerprint density at radius 3 is 2.00 bits per heavy atom. The van der Waals surface area contributed by atoms with Crippen LogP contribution < -0.4 is 0 Å². The van der Waals surface area contributed by atoms with E-state index in [9.17, 15) is 4.79 Å². The van der Waals surface area contributed by atoms with Gasteiger partial charge in [-0.1, -0.05) is 42.5 Å². The summed E-state index contributed by atoms with van der Waals surface area (Å²) in [5.74, 6) is 0.615. The standard InChI is InChI=1S/C22H24O2/c1-2-3-16-4-6-17(7-5-16)18-8-10-19(11-9-18)20-12-14-21(15-13-20)22(23)24/h2,8-17H,1,3-7H2,(H,23,24). The fraction of sp³-hybridized carbons (Fsp3) is 0.318. The molecule has 1 aliphatic rings. The van der Waals surface area contributed by atoms with Crippen molar-refractivity contribution in [1.82, 2.24) is 0 Å². The Hall–Kier alpha value is -2.35. The minimum atomic E-state index is -0.885. The van der Waals surface area contributed by atoms with Crippen LogP contribution in [0.3, 0.4) is 0 Å². The first-order valence-corrected chi connectivity index (χ1v) is 8.72. The molecule has 1 saturated carbocycles. The summed E-state index contributed by atoms with van der Waals surface area (Å²) in [5.41, 5.74) is 3.95. The number of hydrogen-bond acceptors (Lipinski definition) is 1. The molecule has 124 valence electrons. The van der Waals surface area contributed by atoms with Gasteiger partial charge in [0.15, 0.2) is 0 Å². The quantitative estimate of drug-likeness (QED) is 0.696. The second kappa shape index (κ2) is 7.48. The number of hydrogen-bond donors (Lipinski definition) is 1. The van der Waals surface area contributed by atoms with Gasteiger partial charge in [-0.15, -0.1) is 6.58 Å². The highest BCUT2D eigenvalue weighted by Gasteiger charge is 2.21. The van der Waals surface area contributed by atoms with Crippen molar-refractivity contribution in [1.29, 1.82) is 0 Å². The smallest absolute Gasteiger partial charge is 0.335 e. The molecule has 0 heterocycles. The van der Waals surface area contributed by atoms with Crippen LogP contribution in [-0.4, -0.2) is 11.1 Å². The molecule has 0 amide bonds.